The molecule has 0 bridgehead atoms. The number of carbonyl (C=O) groups excluding carboxylic acids is 2. The number of carbonyl (C=O) groups is 2. The highest BCUT2D eigenvalue weighted by atomic mass is 19.1. The van der Waals surface area contributed by atoms with Crippen molar-refractivity contribution in [3.8, 4) is 17.1 Å². The Balaban J connectivity index is 1.41. The van der Waals surface area contributed by atoms with Crippen molar-refractivity contribution < 1.29 is 23.1 Å². The Morgan fingerprint density at radius 1 is 0.939 bits per heavy atom. The van der Waals surface area contributed by atoms with Crippen LogP contribution in [0.3, 0.4) is 0 Å². The van der Waals surface area contributed by atoms with Gasteiger partial charge in [0.25, 0.3) is 0 Å². The molecule has 0 aliphatic rings. The number of amides is 1. The molecule has 1 N–H and O–H groups in total. The molecule has 0 radical (unpaired) electrons. The highest BCUT2D eigenvalue weighted by molar-refractivity contribution is 6.00. The van der Waals surface area contributed by atoms with E-state index in [9.17, 15) is 18.8 Å². The number of fused-ring (bicyclic) bond motifs is 1. The Labute approximate surface area is 188 Å². The van der Waals surface area contributed by atoms with Crippen molar-refractivity contribution in [1.29, 1.82) is 0 Å². The lowest BCUT2D eigenvalue weighted by Gasteiger charge is -2.08. The van der Waals surface area contributed by atoms with E-state index in [-0.39, 0.29) is 30.0 Å². The molecule has 4 aromatic rings. The zero-order chi connectivity index (χ0) is 23.4. The average Bonchev–Trinajstić information content (AvgIpc) is 2.83. The van der Waals surface area contributed by atoms with Crippen LogP contribution in [-0.4, -0.2) is 18.8 Å². The molecular weight excluding hydrogens is 425 g/mol. The Kier molecular flexibility index (Phi) is 6.31. The van der Waals surface area contributed by atoms with E-state index in [2.05, 4.69) is 5.32 Å². The van der Waals surface area contributed by atoms with Gasteiger partial charge in [0.05, 0.1) is 12.5 Å². The minimum Gasteiger partial charge on any atom is -0.497 e. The van der Waals surface area contributed by atoms with Gasteiger partial charge in [-0.2, -0.15) is 0 Å². The topological polar surface area (TPSA) is 85.6 Å². The van der Waals surface area contributed by atoms with Crippen LogP contribution in [0.4, 0.5) is 10.1 Å². The van der Waals surface area contributed by atoms with Gasteiger partial charge in [-0.3, -0.25) is 14.4 Å². The number of ketones is 1. The van der Waals surface area contributed by atoms with E-state index in [1.54, 1.807) is 42.5 Å². The van der Waals surface area contributed by atoms with Crippen molar-refractivity contribution in [2.45, 2.75) is 12.8 Å². The maximum absolute atomic E-state index is 13.0. The third-order valence-corrected chi connectivity index (χ3v) is 5.13. The van der Waals surface area contributed by atoms with E-state index < -0.39 is 5.82 Å². The summed E-state index contributed by atoms with van der Waals surface area (Å²) in [6, 6.07) is 18.5. The Bertz CT molecular complexity index is 1370. The van der Waals surface area contributed by atoms with E-state index in [4.69, 9.17) is 9.15 Å². The van der Waals surface area contributed by atoms with Crippen molar-refractivity contribution in [3.05, 3.63) is 94.4 Å². The van der Waals surface area contributed by atoms with Crippen molar-refractivity contribution in [2.24, 2.45) is 0 Å². The molecule has 1 heterocycles. The van der Waals surface area contributed by atoms with Crippen LogP contribution in [0.2, 0.25) is 0 Å². The Hall–Kier alpha value is -4.26. The number of ether oxygens (including phenoxy) is 1. The molecule has 33 heavy (non-hydrogen) atoms. The maximum Gasteiger partial charge on any atom is 0.224 e. The predicted octanol–water partition coefficient (Wildman–Crippen LogP) is 5.21. The van der Waals surface area contributed by atoms with Gasteiger partial charge in [-0.05, 0) is 66.7 Å². The summed E-state index contributed by atoms with van der Waals surface area (Å²) in [7, 11) is 1.53. The molecule has 7 heteroatoms. The first kappa shape index (κ1) is 22.0. The van der Waals surface area contributed by atoms with Gasteiger partial charge in [0.15, 0.2) is 11.2 Å². The Morgan fingerprint density at radius 3 is 2.36 bits per heavy atom. The van der Waals surface area contributed by atoms with Crippen molar-refractivity contribution in [1.82, 2.24) is 0 Å². The normalized spacial score (nSPS) is 10.7. The molecule has 6 nitrogen and oxygen atoms in total. The minimum absolute atomic E-state index is 0.000966. The first-order valence-corrected chi connectivity index (χ1v) is 10.2. The summed E-state index contributed by atoms with van der Waals surface area (Å²) < 4.78 is 24.0. The number of anilines is 1. The van der Waals surface area contributed by atoms with Gasteiger partial charge in [0, 0.05) is 35.7 Å². The number of rotatable bonds is 7. The van der Waals surface area contributed by atoms with Gasteiger partial charge in [0.1, 0.15) is 22.9 Å². The first-order valence-electron chi connectivity index (χ1n) is 10.2. The van der Waals surface area contributed by atoms with E-state index in [1.807, 2.05) is 0 Å². The van der Waals surface area contributed by atoms with Gasteiger partial charge in [0.2, 0.25) is 5.91 Å². The van der Waals surface area contributed by atoms with Gasteiger partial charge >= 0.3 is 0 Å². The van der Waals surface area contributed by atoms with Crippen LogP contribution in [-0.2, 0) is 4.79 Å². The van der Waals surface area contributed by atoms with Crippen LogP contribution in [0.1, 0.15) is 23.2 Å². The Morgan fingerprint density at radius 2 is 1.67 bits per heavy atom. The van der Waals surface area contributed by atoms with Gasteiger partial charge in [-0.25, -0.2) is 4.39 Å². The molecule has 3 aromatic carbocycles. The summed E-state index contributed by atoms with van der Waals surface area (Å²) in [6.07, 6.45) is 0.0174. The number of methoxy groups -OCH3 is 1. The number of Topliss-reactive ketones (excluding diaryl/α,β-unsaturated/α-hetero) is 1. The summed E-state index contributed by atoms with van der Waals surface area (Å²) in [5.41, 5.74) is 1.85. The fourth-order valence-electron chi connectivity index (χ4n) is 3.35. The lowest BCUT2D eigenvalue weighted by Crippen LogP contribution is -2.13. The van der Waals surface area contributed by atoms with Gasteiger partial charge < -0.3 is 14.5 Å². The minimum atomic E-state index is -0.420. The molecule has 1 amide bonds. The third-order valence-electron chi connectivity index (χ3n) is 5.13. The second-order valence-electron chi connectivity index (χ2n) is 7.39. The molecule has 0 fully saturated rings. The number of hydrogen-bond acceptors (Lipinski definition) is 5. The van der Waals surface area contributed by atoms with Crippen LogP contribution in [0.25, 0.3) is 22.3 Å². The van der Waals surface area contributed by atoms with E-state index in [0.717, 1.165) is 0 Å². The molecule has 0 aliphatic heterocycles. The molecule has 166 valence electrons. The summed E-state index contributed by atoms with van der Waals surface area (Å²) in [5.74, 6) is 0.00670. The van der Waals surface area contributed by atoms with Crippen molar-refractivity contribution in [3.63, 3.8) is 0 Å². The smallest absolute Gasteiger partial charge is 0.224 e. The second-order valence-corrected chi connectivity index (χ2v) is 7.39. The molecule has 0 saturated carbocycles. The second kappa shape index (κ2) is 9.48. The fraction of sp³-hybridized carbons (Fsp3) is 0.115. The lowest BCUT2D eigenvalue weighted by atomic mass is 10.1. The monoisotopic (exact) mass is 445 g/mol. The van der Waals surface area contributed by atoms with Crippen LogP contribution < -0.4 is 15.5 Å². The molecule has 1 aromatic heterocycles. The lowest BCUT2D eigenvalue weighted by molar-refractivity contribution is -0.116. The molecule has 0 aliphatic carbocycles. The number of halogens is 1. The average molecular weight is 445 g/mol. The fourth-order valence-corrected chi connectivity index (χ4v) is 3.35. The van der Waals surface area contributed by atoms with Gasteiger partial charge in [-0.15, -0.1) is 0 Å². The predicted molar refractivity (Wildman–Crippen MR) is 123 cm³/mol. The third kappa shape index (κ3) is 5.15. The quantitative estimate of drug-likeness (QED) is 0.395. The molecule has 0 saturated heterocycles. The molecule has 0 spiro atoms. The standard InChI is InChI=1S/C26H20FNO5/c1-32-20-10-12-24-21(14-20)23(30)15-25(33-24)17-4-8-19(9-5-17)28-26(31)13-11-22(29)16-2-6-18(27)7-3-16/h2-10,12,14-15H,11,13H2,1H3,(H,28,31). The zero-order valence-corrected chi connectivity index (χ0v) is 17.8. The highest BCUT2D eigenvalue weighted by Gasteiger charge is 2.11. The largest absolute Gasteiger partial charge is 0.497 e. The van der Waals surface area contributed by atoms with Crippen LogP contribution in [0.5, 0.6) is 5.75 Å². The number of hydrogen-bond donors (Lipinski definition) is 1. The van der Waals surface area contributed by atoms with Crippen molar-refractivity contribution >= 4 is 28.3 Å². The van der Waals surface area contributed by atoms with E-state index >= 15 is 0 Å². The van der Waals surface area contributed by atoms with Crippen molar-refractivity contribution in [2.75, 3.05) is 12.4 Å². The first-order chi connectivity index (χ1) is 15.9. The summed E-state index contributed by atoms with van der Waals surface area (Å²) in [6.45, 7) is 0. The molecular formula is C26H20FNO5. The van der Waals surface area contributed by atoms with Crippen LogP contribution in [0.15, 0.2) is 82.0 Å². The SMILES string of the molecule is COc1ccc2oc(-c3ccc(NC(=O)CCC(=O)c4ccc(F)cc4)cc3)cc(=O)c2c1. The molecule has 0 unspecified atom stereocenters. The summed E-state index contributed by atoms with van der Waals surface area (Å²) in [4.78, 5) is 36.8. The summed E-state index contributed by atoms with van der Waals surface area (Å²) in [5, 5.41) is 3.16. The zero-order valence-electron chi connectivity index (χ0n) is 17.8. The highest BCUT2D eigenvalue weighted by Crippen LogP contribution is 2.25. The van der Waals surface area contributed by atoms with Crippen LogP contribution >= 0.6 is 0 Å². The molecule has 4 rings (SSSR count). The van der Waals surface area contributed by atoms with E-state index in [0.29, 0.717) is 39.3 Å². The maximum atomic E-state index is 13.0. The molecule has 0 atom stereocenters. The number of benzene rings is 3. The van der Waals surface area contributed by atoms with E-state index in [1.165, 1.54) is 37.4 Å². The van der Waals surface area contributed by atoms with Crippen LogP contribution in [0, 0.1) is 5.82 Å². The summed E-state index contributed by atoms with van der Waals surface area (Å²) >= 11 is 0. The number of nitrogens with one attached hydrogen (secondary N) is 1. The van der Waals surface area contributed by atoms with Gasteiger partial charge in [-0.1, -0.05) is 0 Å².